The molecule has 2 rings (SSSR count). The molecule has 0 radical (unpaired) electrons. The van der Waals surface area contributed by atoms with E-state index in [-0.39, 0.29) is 22.9 Å². The molecule has 1 unspecified atom stereocenters. The number of aromatic carboxylic acids is 1. The van der Waals surface area contributed by atoms with E-state index in [0.717, 1.165) is 25.2 Å². The number of nitrogens with one attached hydrogen (secondary N) is 1. The van der Waals surface area contributed by atoms with Crippen LogP contribution >= 0.6 is 0 Å². The molecule has 102 valence electrons. The molecular formula is C12H15N3O4. The first-order valence-corrected chi connectivity index (χ1v) is 5.98. The number of ether oxygens (including phenoxy) is 1. The maximum atomic E-state index is 11.8. The molecule has 1 aromatic heterocycles. The van der Waals surface area contributed by atoms with E-state index in [1.165, 1.54) is 0 Å². The third-order valence-corrected chi connectivity index (χ3v) is 3.03. The minimum absolute atomic E-state index is 0.0894. The molecule has 1 amide bonds. The van der Waals surface area contributed by atoms with E-state index in [1.54, 1.807) is 0 Å². The third kappa shape index (κ3) is 3.25. The second kappa shape index (κ2) is 5.31. The molecule has 1 fully saturated rings. The fourth-order valence-electron chi connectivity index (χ4n) is 1.89. The highest BCUT2D eigenvalue weighted by molar-refractivity contribution is 5.92. The Morgan fingerprint density at radius 2 is 2.11 bits per heavy atom. The van der Waals surface area contributed by atoms with E-state index in [1.807, 2.05) is 6.92 Å². The number of carboxylic acid groups (broad SMARTS) is 1. The van der Waals surface area contributed by atoms with E-state index in [2.05, 4.69) is 15.3 Å². The van der Waals surface area contributed by atoms with Crippen molar-refractivity contribution in [3.63, 3.8) is 0 Å². The van der Waals surface area contributed by atoms with Crippen molar-refractivity contribution < 1.29 is 19.4 Å². The quantitative estimate of drug-likeness (QED) is 0.820. The summed E-state index contributed by atoms with van der Waals surface area (Å²) in [6.45, 7) is 3.05. The standard InChI is InChI=1S/C12H15N3O4/c1-12(3-2-4-19-12)7-15-10(16)8-5-14-9(6-13-8)11(17)18/h5-6H,2-4,7H2,1H3,(H,15,16)(H,17,18). The van der Waals surface area contributed by atoms with Gasteiger partial charge in [0.15, 0.2) is 5.69 Å². The SMILES string of the molecule is CC1(CNC(=O)c2cnc(C(=O)O)cn2)CCCO1. The molecule has 1 atom stereocenters. The molecule has 1 aliphatic heterocycles. The van der Waals surface area contributed by atoms with Gasteiger partial charge >= 0.3 is 5.97 Å². The highest BCUT2D eigenvalue weighted by Crippen LogP contribution is 2.23. The van der Waals surface area contributed by atoms with Gasteiger partial charge in [-0.05, 0) is 19.8 Å². The zero-order valence-electron chi connectivity index (χ0n) is 10.5. The number of carbonyl (C=O) groups is 2. The van der Waals surface area contributed by atoms with Crippen molar-refractivity contribution in [2.45, 2.75) is 25.4 Å². The van der Waals surface area contributed by atoms with Crippen molar-refractivity contribution in [3.8, 4) is 0 Å². The molecule has 1 saturated heterocycles. The number of aromatic nitrogens is 2. The first-order chi connectivity index (χ1) is 9.00. The van der Waals surface area contributed by atoms with Crippen molar-refractivity contribution >= 4 is 11.9 Å². The Balaban J connectivity index is 1.94. The van der Waals surface area contributed by atoms with Crippen LogP contribution in [0.1, 0.15) is 40.7 Å². The van der Waals surface area contributed by atoms with E-state index in [0.29, 0.717) is 13.2 Å². The molecule has 0 spiro atoms. The Labute approximate surface area is 110 Å². The summed E-state index contributed by atoms with van der Waals surface area (Å²) in [5.74, 6) is -1.56. The van der Waals surface area contributed by atoms with Gasteiger partial charge in [-0.25, -0.2) is 14.8 Å². The maximum absolute atomic E-state index is 11.8. The fourth-order valence-corrected chi connectivity index (χ4v) is 1.89. The van der Waals surface area contributed by atoms with Crippen LogP contribution in [0.4, 0.5) is 0 Å². The molecule has 7 heteroatoms. The van der Waals surface area contributed by atoms with Gasteiger partial charge in [-0.3, -0.25) is 4.79 Å². The van der Waals surface area contributed by atoms with Gasteiger partial charge < -0.3 is 15.2 Å². The van der Waals surface area contributed by atoms with Gasteiger partial charge in [-0.15, -0.1) is 0 Å². The lowest BCUT2D eigenvalue weighted by Gasteiger charge is -2.23. The van der Waals surface area contributed by atoms with Gasteiger partial charge in [0, 0.05) is 13.2 Å². The molecule has 19 heavy (non-hydrogen) atoms. The van der Waals surface area contributed by atoms with Crippen LogP contribution in [0.5, 0.6) is 0 Å². The van der Waals surface area contributed by atoms with Crippen LogP contribution in [0.2, 0.25) is 0 Å². The number of nitrogens with zero attached hydrogens (tertiary/aromatic N) is 2. The number of carbonyl (C=O) groups excluding carboxylic acids is 1. The van der Waals surface area contributed by atoms with E-state index in [4.69, 9.17) is 9.84 Å². The summed E-state index contributed by atoms with van der Waals surface area (Å²) in [6.07, 6.45) is 4.10. The average Bonchev–Trinajstić information content (AvgIpc) is 2.83. The van der Waals surface area contributed by atoms with Gasteiger partial charge in [-0.1, -0.05) is 0 Å². The summed E-state index contributed by atoms with van der Waals surface area (Å²) in [4.78, 5) is 29.8. The monoisotopic (exact) mass is 265 g/mol. The van der Waals surface area contributed by atoms with Crippen molar-refractivity contribution in [1.82, 2.24) is 15.3 Å². The predicted molar refractivity (Wildman–Crippen MR) is 64.9 cm³/mol. The largest absolute Gasteiger partial charge is 0.476 e. The number of rotatable bonds is 4. The molecule has 0 saturated carbocycles. The van der Waals surface area contributed by atoms with Crippen molar-refractivity contribution in [2.24, 2.45) is 0 Å². The lowest BCUT2D eigenvalue weighted by molar-refractivity contribution is 0.0205. The van der Waals surface area contributed by atoms with E-state index < -0.39 is 5.97 Å². The highest BCUT2D eigenvalue weighted by Gasteiger charge is 2.30. The summed E-state index contributed by atoms with van der Waals surface area (Å²) in [6, 6.07) is 0. The summed E-state index contributed by atoms with van der Waals surface area (Å²) in [5, 5.41) is 11.4. The number of carboxylic acids is 1. The van der Waals surface area contributed by atoms with Crippen molar-refractivity contribution in [2.75, 3.05) is 13.2 Å². The molecule has 1 aliphatic rings. The number of hydrogen-bond donors (Lipinski definition) is 2. The molecule has 1 aromatic rings. The Hall–Kier alpha value is -2.02. The molecule has 0 bridgehead atoms. The molecule has 7 nitrogen and oxygen atoms in total. The zero-order chi connectivity index (χ0) is 13.9. The maximum Gasteiger partial charge on any atom is 0.356 e. The second-order valence-corrected chi connectivity index (χ2v) is 4.68. The predicted octanol–water partition coefficient (Wildman–Crippen LogP) is 0.474. The molecule has 2 N–H and O–H groups in total. The van der Waals surface area contributed by atoms with Crippen molar-refractivity contribution in [1.29, 1.82) is 0 Å². The average molecular weight is 265 g/mol. The van der Waals surface area contributed by atoms with Crippen LogP contribution in [-0.4, -0.2) is 45.7 Å². The van der Waals surface area contributed by atoms with Crippen LogP contribution in [-0.2, 0) is 4.74 Å². The van der Waals surface area contributed by atoms with Gasteiger partial charge in [-0.2, -0.15) is 0 Å². The second-order valence-electron chi connectivity index (χ2n) is 4.68. The minimum Gasteiger partial charge on any atom is -0.476 e. The lowest BCUT2D eigenvalue weighted by Crippen LogP contribution is -2.40. The molecule has 0 aromatic carbocycles. The normalized spacial score (nSPS) is 22.2. The van der Waals surface area contributed by atoms with Crippen LogP contribution in [0, 0.1) is 0 Å². The first kappa shape index (κ1) is 13.4. The first-order valence-electron chi connectivity index (χ1n) is 5.98. The smallest absolute Gasteiger partial charge is 0.356 e. The number of hydrogen-bond acceptors (Lipinski definition) is 5. The summed E-state index contributed by atoms with van der Waals surface area (Å²) in [5.41, 5.74) is -0.432. The summed E-state index contributed by atoms with van der Waals surface area (Å²) < 4.78 is 5.55. The van der Waals surface area contributed by atoms with Gasteiger partial charge in [0.1, 0.15) is 5.69 Å². The van der Waals surface area contributed by atoms with Gasteiger partial charge in [0.05, 0.1) is 18.0 Å². The van der Waals surface area contributed by atoms with Crippen LogP contribution < -0.4 is 5.32 Å². The highest BCUT2D eigenvalue weighted by atomic mass is 16.5. The lowest BCUT2D eigenvalue weighted by atomic mass is 10.0. The Bertz CT molecular complexity index is 480. The van der Waals surface area contributed by atoms with E-state index >= 15 is 0 Å². The van der Waals surface area contributed by atoms with Gasteiger partial charge in [0.2, 0.25) is 0 Å². The van der Waals surface area contributed by atoms with Crippen molar-refractivity contribution in [3.05, 3.63) is 23.8 Å². The molecule has 2 heterocycles. The van der Waals surface area contributed by atoms with Crippen LogP contribution in [0.3, 0.4) is 0 Å². The van der Waals surface area contributed by atoms with Crippen LogP contribution in [0.15, 0.2) is 12.4 Å². The summed E-state index contributed by atoms with van der Waals surface area (Å²) in [7, 11) is 0. The Kier molecular flexibility index (Phi) is 3.75. The molecule has 0 aliphatic carbocycles. The number of amides is 1. The van der Waals surface area contributed by atoms with Gasteiger partial charge in [0.25, 0.3) is 5.91 Å². The Morgan fingerprint density at radius 1 is 1.42 bits per heavy atom. The Morgan fingerprint density at radius 3 is 2.63 bits per heavy atom. The zero-order valence-corrected chi connectivity index (χ0v) is 10.5. The fraction of sp³-hybridized carbons (Fsp3) is 0.500. The topological polar surface area (TPSA) is 101 Å². The molecular weight excluding hydrogens is 250 g/mol. The third-order valence-electron chi connectivity index (χ3n) is 3.03. The van der Waals surface area contributed by atoms with Crippen LogP contribution in [0.25, 0.3) is 0 Å². The summed E-state index contributed by atoms with van der Waals surface area (Å²) >= 11 is 0. The van der Waals surface area contributed by atoms with E-state index in [9.17, 15) is 9.59 Å². The minimum atomic E-state index is -1.17.